The van der Waals surface area contributed by atoms with Gasteiger partial charge in [0.2, 0.25) is 0 Å². The SMILES string of the molecule is O=c1ccc2c(cc1)-c1ccccc1-2. The highest BCUT2D eigenvalue weighted by Gasteiger charge is 2.19. The topological polar surface area (TPSA) is 17.1 Å². The van der Waals surface area contributed by atoms with Crippen LogP contribution in [0.15, 0.2) is 53.3 Å². The van der Waals surface area contributed by atoms with Gasteiger partial charge in [-0.3, -0.25) is 4.79 Å². The summed E-state index contributed by atoms with van der Waals surface area (Å²) in [6.45, 7) is 0. The minimum absolute atomic E-state index is 0.0605. The van der Waals surface area contributed by atoms with Crippen LogP contribution in [-0.2, 0) is 0 Å². The molecule has 3 rings (SSSR count). The maximum absolute atomic E-state index is 11.2. The molecule has 14 heavy (non-hydrogen) atoms. The summed E-state index contributed by atoms with van der Waals surface area (Å²) in [4.78, 5) is 11.2. The van der Waals surface area contributed by atoms with Crippen molar-refractivity contribution in [3.8, 4) is 22.3 Å². The standard InChI is InChI=1S/C13H8O/c14-9-5-7-12-10-3-1-2-4-11(10)13(12)8-6-9/h1-8H. The van der Waals surface area contributed by atoms with Crippen molar-refractivity contribution in [1.82, 2.24) is 0 Å². The fraction of sp³-hybridized carbons (Fsp3) is 0. The molecule has 0 fully saturated rings. The van der Waals surface area contributed by atoms with Gasteiger partial charge in [-0.2, -0.15) is 0 Å². The molecule has 0 atom stereocenters. The number of rotatable bonds is 0. The van der Waals surface area contributed by atoms with Crippen molar-refractivity contribution < 1.29 is 0 Å². The highest BCUT2D eigenvalue weighted by Crippen LogP contribution is 2.45. The van der Waals surface area contributed by atoms with Gasteiger partial charge in [0.1, 0.15) is 0 Å². The summed E-state index contributed by atoms with van der Waals surface area (Å²) in [6.07, 6.45) is 0. The smallest absolute Gasteiger partial charge is 0.178 e. The first-order chi connectivity index (χ1) is 6.86. The van der Waals surface area contributed by atoms with E-state index in [1.54, 1.807) is 12.1 Å². The third-order valence-corrected chi connectivity index (χ3v) is 2.63. The lowest BCUT2D eigenvalue weighted by molar-refractivity contribution is 1.55. The maximum atomic E-state index is 11.2. The molecule has 2 aromatic carbocycles. The molecule has 0 saturated heterocycles. The third-order valence-electron chi connectivity index (χ3n) is 2.63. The van der Waals surface area contributed by atoms with Crippen molar-refractivity contribution in [2.45, 2.75) is 0 Å². The van der Waals surface area contributed by atoms with Gasteiger partial charge >= 0.3 is 0 Å². The van der Waals surface area contributed by atoms with Crippen LogP contribution in [0.25, 0.3) is 22.3 Å². The predicted octanol–water partition coefficient (Wildman–Crippen LogP) is 2.69. The Morgan fingerprint density at radius 1 is 0.571 bits per heavy atom. The van der Waals surface area contributed by atoms with Crippen LogP contribution in [0.2, 0.25) is 0 Å². The molecule has 1 nitrogen and oxygen atoms in total. The highest BCUT2D eigenvalue weighted by atomic mass is 16.1. The Labute approximate surface area is 81.7 Å². The first kappa shape index (κ1) is 7.51. The van der Waals surface area contributed by atoms with Gasteiger partial charge in [0, 0.05) is 0 Å². The van der Waals surface area contributed by atoms with Crippen molar-refractivity contribution in [3.63, 3.8) is 0 Å². The summed E-state index contributed by atoms with van der Waals surface area (Å²) in [5.74, 6) is 0. The molecule has 0 saturated carbocycles. The van der Waals surface area contributed by atoms with Gasteiger partial charge in [0.15, 0.2) is 5.43 Å². The lowest BCUT2D eigenvalue weighted by atomic mass is 9.82. The van der Waals surface area contributed by atoms with E-state index in [1.165, 1.54) is 22.3 Å². The first-order valence-corrected chi connectivity index (χ1v) is 4.60. The number of fused-ring (bicyclic) bond motifs is 4. The molecule has 0 aliphatic heterocycles. The second kappa shape index (κ2) is 2.55. The van der Waals surface area contributed by atoms with E-state index in [0.29, 0.717) is 0 Å². The van der Waals surface area contributed by atoms with Crippen LogP contribution in [0.3, 0.4) is 0 Å². The predicted molar refractivity (Wildman–Crippen MR) is 57.1 cm³/mol. The van der Waals surface area contributed by atoms with E-state index >= 15 is 0 Å². The Hall–Kier alpha value is -1.89. The van der Waals surface area contributed by atoms with Gasteiger partial charge in [0.05, 0.1) is 0 Å². The van der Waals surface area contributed by atoms with Crippen LogP contribution in [0.5, 0.6) is 0 Å². The number of benzene rings is 1. The monoisotopic (exact) mass is 180 g/mol. The molecule has 0 unspecified atom stereocenters. The molecule has 1 aliphatic rings. The molecule has 0 heterocycles. The van der Waals surface area contributed by atoms with Gasteiger partial charge in [-0.25, -0.2) is 0 Å². The minimum Gasteiger partial charge on any atom is -0.290 e. The molecule has 0 N–H and O–H groups in total. The zero-order chi connectivity index (χ0) is 9.54. The first-order valence-electron chi connectivity index (χ1n) is 4.60. The Morgan fingerprint density at radius 2 is 1.00 bits per heavy atom. The van der Waals surface area contributed by atoms with Crippen LogP contribution < -0.4 is 5.43 Å². The minimum atomic E-state index is 0.0605. The Morgan fingerprint density at radius 3 is 1.50 bits per heavy atom. The summed E-state index contributed by atoms with van der Waals surface area (Å²) in [7, 11) is 0. The quantitative estimate of drug-likeness (QED) is 0.520. The molecule has 0 bridgehead atoms. The lowest BCUT2D eigenvalue weighted by Crippen LogP contribution is -1.94. The Bertz CT molecular complexity index is 522. The molecule has 1 heteroatoms. The third kappa shape index (κ3) is 0.867. The molecular formula is C13H8O. The molecule has 0 spiro atoms. The van der Waals surface area contributed by atoms with Crippen molar-refractivity contribution in [3.05, 3.63) is 58.8 Å². The molecule has 2 aromatic rings. The summed E-state index contributed by atoms with van der Waals surface area (Å²) in [5.41, 5.74) is 4.92. The zero-order valence-electron chi connectivity index (χ0n) is 7.53. The fourth-order valence-electron chi connectivity index (χ4n) is 1.93. The lowest BCUT2D eigenvalue weighted by Gasteiger charge is -2.21. The van der Waals surface area contributed by atoms with E-state index in [2.05, 4.69) is 12.1 Å². The molecule has 0 amide bonds. The van der Waals surface area contributed by atoms with Crippen molar-refractivity contribution in [1.29, 1.82) is 0 Å². The Kier molecular flexibility index (Phi) is 1.37. The van der Waals surface area contributed by atoms with E-state index in [0.717, 1.165) is 0 Å². The van der Waals surface area contributed by atoms with Crippen molar-refractivity contribution in [2.24, 2.45) is 0 Å². The summed E-state index contributed by atoms with van der Waals surface area (Å²) >= 11 is 0. The van der Waals surface area contributed by atoms with E-state index < -0.39 is 0 Å². The van der Waals surface area contributed by atoms with E-state index in [4.69, 9.17) is 0 Å². The largest absolute Gasteiger partial charge is 0.290 e. The highest BCUT2D eigenvalue weighted by molar-refractivity contribution is 6.01. The van der Waals surface area contributed by atoms with Crippen LogP contribution in [0, 0.1) is 0 Å². The van der Waals surface area contributed by atoms with E-state index in [9.17, 15) is 4.79 Å². The second-order valence-corrected chi connectivity index (χ2v) is 3.44. The molecule has 0 radical (unpaired) electrons. The van der Waals surface area contributed by atoms with Gasteiger partial charge in [0.25, 0.3) is 0 Å². The van der Waals surface area contributed by atoms with Crippen LogP contribution in [0.4, 0.5) is 0 Å². The summed E-state index contributed by atoms with van der Waals surface area (Å²) in [6, 6.07) is 15.3. The number of hydrogen-bond donors (Lipinski definition) is 0. The van der Waals surface area contributed by atoms with Crippen LogP contribution in [-0.4, -0.2) is 0 Å². The molecule has 0 aromatic heterocycles. The fourth-order valence-corrected chi connectivity index (χ4v) is 1.93. The maximum Gasteiger partial charge on any atom is 0.178 e. The second-order valence-electron chi connectivity index (χ2n) is 3.44. The van der Waals surface area contributed by atoms with Gasteiger partial charge in [-0.1, -0.05) is 24.3 Å². The van der Waals surface area contributed by atoms with E-state index in [-0.39, 0.29) is 5.43 Å². The van der Waals surface area contributed by atoms with Gasteiger partial charge in [-0.15, -0.1) is 0 Å². The average Bonchev–Trinajstić information content (AvgIpc) is 2.34. The summed E-state index contributed by atoms with van der Waals surface area (Å²) in [5, 5.41) is 0. The van der Waals surface area contributed by atoms with Crippen molar-refractivity contribution in [2.75, 3.05) is 0 Å². The molecule has 1 aliphatic carbocycles. The van der Waals surface area contributed by atoms with Crippen LogP contribution in [0.1, 0.15) is 0 Å². The zero-order valence-corrected chi connectivity index (χ0v) is 7.53. The van der Waals surface area contributed by atoms with Crippen LogP contribution >= 0.6 is 0 Å². The van der Waals surface area contributed by atoms with Gasteiger partial charge < -0.3 is 0 Å². The summed E-state index contributed by atoms with van der Waals surface area (Å²) < 4.78 is 0. The molecule has 66 valence electrons. The average molecular weight is 180 g/mol. The normalized spacial score (nSPS) is 11.1. The molecular weight excluding hydrogens is 172 g/mol. The van der Waals surface area contributed by atoms with Gasteiger partial charge in [-0.05, 0) is 46.5 Å². The van der Waals surface area contributed by atoms with Crippen molar-refractivity contribution >= 4 is 0 Å². The number of hydrogen-bond acceptors (Lipinski definition) is 1. The van der Waals surface area contributed by atoms with E-state index in [1.807, 2.05) is 24.3 Å². The Balaban J connectivity index is 2.35.